The Labute approximate surface area is 206 Å². The Morgan fingerprint density at radius 3 is 0.923 bits per heavy atom. The van der Waals surface area contributed by atoms with E-state index in [0.29, 0.717) is 48.5 Å². The molecule has 0 saturated carbocycles. The van der Waals surface area contributed by atoms with Crippen LogP contribution in [0.15, 0.2) is 60.7 Å². The Hall–Kier alpha value is -2.52. The highest BCUT2D eigenvalue weighted by atomic mass is 31.2. The van der Waals surface area contributed by atoms with Gasteiger partial charge in [-0.25, -0.2) is 0 Å². The molecule has 0 aliphatic carbocycles. The fourth-order valence-corrected chi connectivity index (χ4v) is 5.77. The molecular weight excluding hydrogens is 610 g/mol. The van der Waals surface area contributed by atoms with Crippen molar-refractivity contribution in [2.24, 2.45) is 0 Å². The van der Waals surface area contributed by atoms with E-state index in [1.807, 2.05) is 0 Å². The lowest BCUT2D eigenvalue weighted by atomic mass is 9.91. The SMILES string of the molecule is O=P(c1ccccc1)(c1ccccc1)C(F)(F)C(F)(F)C(F)(F)C(F)(F)C(F)(F)C(F)(F)C(F)(F)C(F)(F)F. The third-order valence-electron chi connectivity index (χ3n) is 5.34. The van der Waals surface area contributed by atoms with Crippen molar-refractivity contribution in [2.45, 2.75) is 47.4 Å². The zero-order valence-corrected chi connectivity index (χ0v) is 18.9. The van der Waals surface area contributed by atoms with Crippen molar-refractivity contribution in [2.75, 3.05) is 0 Å². The van der Waals surface area contributed by atoms with Gasteiger partial charge >= 0.3 is 47.4 Å². The summed E-state index contributed by atoms with van der Waals surface area (Å²) in [5.41, 5.74) is -7.09. The van der Waals surface area contributed by atoms with Gasteiger partial charge in [0.25, 0.3) is 0 Å². The van der Waals surface area contributed by atoms with E-state index >= 15 is 8.78 Å². The molecule has 0 spiro atoms. The van der Waals surface area contributed by atoms with Gasteiger partial charge in [-0.15, -0.1) is 0 Å². The maximum absolute atomic E-state index is 15.2. The first-order valence-electron chi connectivity index (χ1n) is 9.64. The summed E-state index contributed by atoms with van der Waals surface area (Å²) in [4.78, 5) is 0. The Morgan fingerprint density at radius 2 is 0.641 bits per heavy atom. The van der Waals surface area contributed by atoms with Crippen molar-refractivity contribution in [3.8, 4) is 0 Å². The zero-order chi connectivity index (χ0) is 30.7. The van der Waals surface area contributed by atoms with E-state index in [1.165, 1.54) is 0 Å². The maximum atomic E-state index is 15.2. The van der Waals surface area contributed by atoms with Crippen LogP contribution in [0.5, 0.6) is 0 Å². The van der Waals surface area contributed by atoms with E-state index in [0.717, 1.165) is 12.1 Å². The van der Waals surface area contributed by atoms with Crippen LogP contribution in [0, 0.1) is 0 Å². The van der Waals surface area contributed by atoms with Gasteiger partial charge in [-0.3, -0.25) is 0 Å². The molecule has 0 aromatic heterocycles. The molecule has 0 aliphatic rings. The summed E-state index contributed by atoms with van der Waals surface area (Å²) in [6, 6.07) is 6.12. The van der Waals surface area contributed by atoms with Gasteiger partial charge in [-0.2, -0.15) is 74.6 Å². The average molecular weight is 620 g/mol. The number of hydrogen-bond donors (Lipinski definition) is 0. The molecule has 220 valence electrons. The molecule has 0 saturated heterocycles. The minimum Gasteiger partial charge on any atom is -0.307 e. The van der Waals surface area contributed by atoms with E-state index in [1.54, 1.807) is 0 Å². The molecule has 2 aromatic carbocycles. The van der Waals surface area contributed by atoms with Crippen molar-refractivity contribution >= 4 is 17.8 Å². The summed E-state index contributed by atoms with van der Waals surface area (Å²) >= 11 is 0. The molecule has 0 fully saturated rings. The predicted molar refractivity (Wildman–Crippen MR) is 100 cm³/mol. The second-order valence-corrected chi connectivity index (χ2v) is 10.6. The van der Waals surface area contributed by atoms with Crippen LogP contribution in [0.4, 0.5) is 74.6 Å². The Bertz CT molecular complexity index is 1160. The molecular formula is C20H10F17OP. The quantitative estimate of drug-likeness (QED) is 0.206. The highest BCUT2D eigenvalue weighted by molar-refractivity contribution is 7.79. The number of halogens is 17. The Morgan fingerprint density at radius 1 is 0.385 bits per heavy atom. The number of hydrogen-bond acceptors (Lipinski definition) is 1. The van der Waals surface area contributed by atoms with E-state index in [4.69, 9.17) is 0 Å². The van der Waals surface area contributed by atoms with E-state index < -0.39 is 65.1 Å². The third-order valence-corrected chi connectivity index (χ3v) is 8.46. The van der Waals surface area contributed by atoms with Crippen molar-refractivity contribution in [1.29, 1.82) is 0 Å². The van der Waals surface area contributed by atoms with Crippen molar-refractivity contribution in [3.05, 3.63) is 60.7 Å². The molecule has 0 unspecified atom stereocenters. The highest BCUT2D eigenvalue weighted by Crippen LogP contribution is 2.70. The van der Waals surface area contributed by atoms with Crippen LogP contribution in [-0.2, 0) is 4.57 Å². The van der Waals surface area contributed by atoms with Gasteiger partial charge in [-0.1, -0.05) is 60.7 Å². The van der Waals surface area contributed by atoms with E-state index in [2.05, 4.69) is 0 Å². The minimum absolute atomic E-state index is 0.334. The second-order valence-electron chi connectivity index (χ2n) is 7.77. The molecule has 0 radical (unpaired) electrons. The number of alkyl halides is 17. The molecule has 19 heteroatoms. The molecule has 2 aromatic rings. The second kappa shape index (κ2) is 9.26. The summed E-state index contributed by atoms with van der Waals surface area (Å²) in [6.45, 7) is 0. The Balaban J connectivity index is 2.85. The monoisotopic (exact) mass is 620 g/mol. The van der Waals surface area contributed by atoms with Crippen molar-refractivity contribution in [1.82, 2.24) is 0 Å². The largest absolute Gasteiger partial charge is 0.460 e. The summed E-state index contributed by atoms with van der Waals surface area (Å²) in [6.07, 6.45) is -7.84. The fourth-order valence-electron chi connectivity index (χ4n) is 3.10. The average Bonchev–Trinajstić information content (AvgIpc) is 2.83. The smallest absolute Gasteiger partial charge is 0.307 e. The summed E-state index contributed by atoms with van der Waals surface area (Å²) in [5.74, 6) is -51.0. The standard InChI is InChI=1S/C20H10F17OP/c21-13(22,15(25,26)17(29,30)19(33,34)35)14(23,24)16(27,28)18(31,32)20(36,37)39(38,11-7-3-1-4-8-11)12-9-5-2-6-10-12/h1-10H. The normalized spacial score (nSPS) is 15.4. The third kappa shape index (κ3) is 4.19. The molecule has 0 heterocycles. The van der Waals surface area contributed by atoms with Gasteiger partial charge in [-0.05, 0) is 0 Å². The topological polar surface area (TPSA) is 17.1 Å². The lowest BCUT2D eigenvalue weighted by molar-refractivity contribution is -0.458. The van der Waals surface area contributed by atoms with E-state index in [-0.39, 0.29) is 0 Å². The predicted octanol–water partition coefficient (Wildman–Crippen LogP) is 7.97. The summed E-state index contributed by atoms with van der Waals surface area (Å²) in [7, 11) is -6.72. The van der Waals surface area contributed by atoms with Gasteiger partial charge in [0.2, 0.25) is 7.14 Å². The number of benzene rings is 2. The molecule has 0 amide bonds. The molecule has 39 heavy (non-hydrogen) atoms. The molecule has 0 aliphatic heterocycles. The minimum atomic E-state index is -8.76. The first-order valence-corrected chi connectivity index (χ1v) is 11.3. The molecule has 0 N–H and O–H groups in total. The van der Waals surface area contributed by atoms with Crippen molar-refractivity contribution in [3.63, 3.8) is 0 Å². The van der Waals surface area contributed by atoms with Crippen LogP contribution in [0.1, 0.15) is 0 Å². The molecule has 1 nitrogen and oxygen atoms in total. The van der Waals surface area contributed by atoms with E-state index in [9.17, 15) is 70.4 Å². The van der Waals surface area contributed by atoms with Crippen LogP contribution in [0.25, 0.3) is 0 Å². The van der Waals surface area contributed by atoms with Gasteiger partial charge in [0.15, 0.2) is 0 Å². The molecule has 2 rings (SSSR count). The molecule has 0 atom stereocenters. The van der Waals surface area contributed by atoms with Crippen molar-refractivity contribution < 1.29 is 79.2 Å². The molecule has 0 bridgehead atoms. The van der Waals surface area contributed by atoms with Crippen LogP contribution < -0.4 is 10.6 Å². The highest BCUT2D eigenvalue weighted by Gasteiger charge is 2.96. The summed E-state index contributed by atoms with van der Waals surface area (Å²) in [5, 5.41) is -2.94. The zero-order valence-electron chi connectivity index (χ0n) is 18.1. The first-order chi connectivity index (χ1) is 17.2. The lowest BCUT2D eigenvalue weighted by Crippen LogP contribution is -2.74. The summed E-state index contributed by atoms with van der Waals surface area (Å²) < 4.78 is 247. The van der Waals surface area contributed by atoms with Gasteiger partial charge in [0, 0.05) is 10.6 Å². The fraction of sp³-hybridized carbons (Fsp3) is 0.400. The lowest BCUT2D eigenvalue weighted by Gasteiger charge is -2.44. The van der Waals surface area contributed by atoms with Gasteiger partial charge < -0.3 is 4.57 Å². The Kier molecular flexibility index (Phi) is 7.76. The van der Waals surface area contributed by atoms with Crippen LogP contribution in [0.2, 0.25) is 0 Å². The first kappa shape index (κ1) is 32.7. The maximum Gasteiger partial charge on any atom is 0.460 e. The van der Waals surface area contributed by atoms with Gasteiger partial charge in [0.05, 0.1) is 0 Å². The van der Waals surface area contributed by atoms with Gasteiger partial charge in [0.1, 0.15) is 0 Å². The number of rotatable bonds is 9. The van der Waals surface area contributed by atoms with Crippen LogP contribution in [0.3, 0.4) is 0 Å². The van der Waals surface area contributed by atoms with Crippen LogP contribution >= 0.6 is 7.14 Å². The van der Waals surface area contributed by atoms with Crippen LogP contribution in [-0.4, -0.2) is 47.4 Å².